The molecule has 0 spiro atoms. The van der Waals surface area contributed by atoms with Crippen molar-refractivity contribution in [2.75, 3.05) is 12.0 Å². The fraction of sp³-hybridized carbons (Fsp3) is 0.0870. The van der Waals surface area contributed by atoms with E-state index in [0.717, 1.165) is 0 Å². The molecule has 30 heavy (non-hydrogen) atoms. The Hall–Kier alpha value is -3.58. The second kappa shape index (κ2) is 7.68. The zero-order chi connectivity index (χ0) is 21.3. The van der Waals surface area contributed by atoms with Gasteiger partial charge >= 0.3 is 0 Å². The summed E-state index contributed by atoms with van der Waals surface area (Å²) < 4.78 is 32.0. The molecule has 1 aliphatic heterocycles. The standard InChI is InChI=1S/C23H19NO5S/c1-29-18-14-12-17(13-15-18)24-20(16-8-4-2-5-9-16)22(21(25)23(24)26)30(27,28)19-10-6-3-7-11-19/h2-15,20,25H,1H3/t20-/m1/s1. The Bertz CT molecular complexity index is 1200. The van der Waals surface area contributed by atoms with Gasteiger partial charge in [-0.2, -0.15) is 0 Å². The minimum Gasteiger partial charge on any atom is -0.502 e. The number of carbonyl (C=O) groups is 1. The minimum atomic E-state index is -4.13. The van der Waals surface area contributed by atoms with Gasteiger partial charge < -0.3 is 9.84 Å². The summed E-state index contributed by atoms with van der Waals surface area (Å²) in [5.74, 6) is -0.956. The zero-order valence-electron chi connectivity index (χ0n) is 16.1. The Kier molecular flexibility index (Phi) is 5.05. The largest absolute Gasteiger partial charge is 0.502 e. The predicted octanol–water partition coefficient (Wildman–Crippen LogP) is 4.03. The number of methoxy groups -OCH3 is 1. The van der Waals surface area contributed by atoms with Crippen LogP contribution in [0.5, 0.6) is 5.75 Å². The number of carbonyl (C=O) groups excluding carboxylic acids is 1. The van der Waals surface area contributed by atoms with E-state index in [1.165, 1.54) is 24.1 Å². The number of amides is 1. The van der Waals surface area contributed by atoms with Crippen molar-refractivity contribution < 1.29 is 23.1 Å². The minimum absolute atomic E-state index is 0.0110. The van der Waals surface area contributed by atoms with Gasteiger partial charge in [0.05, 0.1) is 12.0 Å². The molecule has 0 saturated heterocycles. The Morgan fingerprint density at radius 1 is 0.867 bits per heavy atom. The maximum Gasteiger partial charge on any atom is 0.295 e. The van der Waals surface area contributed by atoms with E-state index in [2.05, 4.69) is 0 Å². The zero-order valence-corrected chi connectivity index (χ0v) is 16.9. The molecule has 1 heterocycles. The van der Waals surface area contributed by atoms with Gasteiger partial charge in [0.1, 0.15) is 16.7 Å². The lowest BCUT2D eigenvalue weighted by Gasteiger charge is -2.27. The quantitative estimate of drug-likeness (QED) is 0.673. The van der Waals surface area contributed by atoms with E-state index in [9.17, 15) is 18.3 Å². The summed E-state index contributed by atoms with van der Waals surface area (Å²) in [5, 5.41) is 10.7. The number of rotatable bonds is 5. The van der Waals surface area contributed by atoms with Gasteiger partial charge in [-0.3, -0.25) is 9.69 Å². The van der Waals surface area contributed by atoms with Crippen LogP contribution in [0.25, 0.3) is 0 Å². The average molecular weight is 421 g/mol. The Morgan fingerprint density at radius 2 is 1.43 bits per heavy atom. The highest BCUT2D eigenvalue weighted by molar-refractivity contribution is 7.95. The topological polar surface area (TPSA) is 83.9 Å². The molecule has 1 aliphatic rings. The number of hydrogen-bond donors (Lipinski definition) is 1. The highest BCUT2D eigenvalue weighted by atomic mass is 32.2. The van der Waals surface area contributed by atoms with Gasteiger partial charge in [0.25, 0.3) is 5.91 Å². The lowest BCUT2D eigenvalue weighted by Crippen LogP contribution is -2.31. The van der Waals surface area contributed by atoms with Gasteiger partial charge in [0, 0.05) is 5.69 Å². The summed E-state index contributed by atoms with van der Waals surface area (Å²) in [6.07, 6.45) is 0. The Balaban J connectivity index is 1.91. The summed E-state index contributed by atoms with van der Waals surface area (Å²) in [5.41, 5.74) is 1.01. The normalized spacial score (nSPS) is 16.8. The maximum absolute atomic E-state index is 13.4. The van der Waals surface area contributed by atoms with Crippen LogP contribution in [0, 0.1) is 0 Å². The van der Waals surface area contributed by atoms with Crippen LogP contribution < -0.4 is 9.64 Å². The number of nitrogens with zero attached hydrogens (tertiary/aromatic N) is 1. The van der Waals surface area contributed by atoms with Crippen molar-refractivity contribution >= 4 is 21.4 Å². The molecule has 1 atom stereocenters. The predicted molar refractivity (Wildman–Crippen MR) is 113 cm³/mol. The molecule has 4 rings (SSSR count). The molecular formula is C23H19NO5S. The summed E-state index contributed by atoms with van der Waals surface area (Å²) in [6.45, 7) is 0. The molecule has 3 aromatic rings. The third-order valence-corrected chi connectivity index (χ3v) is 6.86. The number of aliphatic hydroxyl groups excluding tert-OH is 1. The first-order valence-corrected chi connectivity index (χ1v) is 10.7. The number of benzene rings is 3. The van der Waals surface area contributed by atoms with Crippen molar-refractivity contribution in [3.63, 3.8) is 0 Å². The third-order valence-electron chi connectivity index (χ3n) is 4.97. The summed E-state index contributed by atoms with van der Waals surface area (Å²) >= 11 is 0. The number of aliphatic hydroxyl groups is 1. The summed E-state index contributed by atoms with van der Waals surface area (Å²) in [4.78, 5) is 14.0. The van der Waals surface area contributed by atoms with Crippen LogP contribution in [0.3, 0.4) is 0 Å². The van der Waals surface area contributed by atoms with E-state index < -0.39 is 27.5 Å². The second-order valence-corrected chi connectivity index (χ2v) is 8.63. The van der Waals surface area contributed by atoms with E-state index in [1.807, 2.05) is 0 Å². The van der Waals surface area contributed by atoms with Crippen molar-refractivity contribution in [3.05, 3.63) is 101 Å². The lowest BCUT2D eigenvalue weighted by atomic mass is 10.1. The first-order chi connectivity index (χ1) is 14.4. The van der Waals surface area contributed by atoms with Gasteiger partial charge in [0.15, 0.2) is 5.76 Å². The van der Waals surface area contributed by atoms with Crippen LogP contribution in [0.1, 0.15) is 11.6 Å². The highest BCUT2D eigenvalue weighted by Gasteiger charge is 2.47. The van der Waals surface area contributed by atoms with Crippen molar-refractivity contribution in [2.24, 2.45) is 0 Å². The molecule has 0 unspecified atom stereocenters. The smallest absolute Gasteiger partial charge is 0.295 e. The molecule has 6 nitrogen and oxygen atoms in total. The molecule has 1 N–H and O–H groups in total. The highest BCUT2D eigenvalue weighted by Crippen LogP contribution is 2.44. The molecule has 152 valence electrons. The second-order valence-electron chi connectivity index (χ2n) is 6.72. The van der Waals surface area contributed by atoms with E-state index in [1.54, 1.807) is 72.8 Å². The Morgan fingerprint density at radius 3 is 2.00 bits per heavy atom. The SMILES string of the molecule is COc1ccc(N2C(=O)C(O)=C(S(=O)(=O)c3ccccc3)[C@H]2c2ccccc2)cc1. The first kappa shape index (κ1) is 19.7. The fourth-order valence-corrected chi connectivity index (χ4v) is 5.18. The number of hydrogen-bond acceptors (Lipinski definition) is 5. The molecular weight excluding hydrogens is 402 g/mol. The molecule has 3 aromatic carbocycles. The number of ether oxygens (including phenoxy) is 1. The van der Waals surface area contributed by atoms with E-state index in [4.69, 9.17) is 4.74 Å². The number of anilines is 1. The van der Waals surface area contributed by atoms with Gasteiger partial charge in [-0.1, -0.05) is 48.5 Å². The third kappa shape index (κ3) is 3.23. The molecule has 0 bridgehead atoms. The van der Waals surface area contributed by atoms with Crippen molar-refractivity contribution in [1.29, 1.82) is 0 Å². The van der Waals surface area contributed by atoms with Gasteiger partial charge in [0.2, 0.25) is 9.84 Å². The van der Waals surface area contributed by atoms with Crippen molar-refractivity contribution in [2.45, 2.75) is 10.9 Å². The average Bonchev–Trinajstić information content (AvgIpc) is 3.06. The van der Waals surface area contributed by atoms with Crippen molar-refractivity contribution in [1.82, 2.24) is 0 Å². The fourth-order valence-electron chi connectivity index (χ4n) is 3.53. The summed E-state index contributed by atoms with van der Waals surface area (Å²) in [6, 6.07) is 22.2. The lowest BCUT2D eigenvalue weighted by molar-refractivity contribution is -0.117. The molecule has 0 aliphatic carbocycles. The van der Waals surface area contributed by atoms with E-state index in [0.29, 0.717) is 17.0 Å². The van der Waals surface area contributed by atoms with Gasteiger partial charge in [-0.05, 0) is 42.0 Å². The monoisotopic (exact) mass is 421 g/mol. The molecule has 1 amide bonds. The van der Waals surface area contributed by atoms with Crippen molar-refractivity contribution in [3.8, 4) is 5.75 Å². The van der Waals surface area contributed by atoms with Crippen LogP contribution in [-0.4, -0.2) is 26.5 Å². The molecule has 0 saturated carbocycles. The van der Waals surface area contributed by atoms with Crippen LogP contribution >= 0.6 is 0 Å². The van der Waals surface area contributed by atoms with Crippen LogP contribution in [0.4, 0.5) is 5.69 Å². The van der Waals surface area contributed by atoms with Gasteiger partial charge in [-0.25, -0.2) is 8.42 Å². The summed E-state index contributed by atoms with van der Waals surface area (Å²) in [7, 11) is -2.60. The Labute approximate surface area is 174 Å². The molecule has 0 aromatic heterocycles. The molecule has 7 heteroatoms. The van der Waals surface area contributed by atoms with E-state index in [-0.39, 0.29) is 9.80 Å². The maximum atomic E-state index is 13.4. The molecule has 0 fully saturated rings. The number of sulfone groups is 1. The van der Waals surface area contributed by atoms with Crippen LogP contribution in [0.2, 0.25) is 0 Å². The first-order valence-electron chi connectivity index (χ1n) is 9.21. The molecule has 0 radical (unpaired) electrons. The van der Waals surface area contributed by atoms with Crippen LogP contribution in [-0.2, 0) is 14.6 Å². The van der Waals surface area contributed by atoms with Gasteiger partial charge in [-0.15, -0.1) is 0 Å². The van der Waals surface area contributed by atoms with Crippen LogP contribution in [0.15, 0.2) is 100 Å². The van der Waals surface area contributed by atoms with E-state index >= 15 is 0 Å².